The number of aromatic nitrogens is 4. The Morgan fingerprint density at radius 3 is 2.47 bits per heavy atom. The largest absolute Gasteiger partial charge is 0.354 e. The lowest BCUT2D eigenvalue weighted by Crippen LogP contribution is -2.29. The van der Waals surface area contributed by atoms with Crippen LogP contribution in [-0.2, 0) is 24.3 Å². The van der Waals surface area contributed by atoms with Gasteiger partial charge in [-0.05, 0) is 30.2 Å². The molecule has 176 valence electrons. The van der Waals surface area contributed by atoms with E-state index in [9.17, 15) is 9.59 Å². The van der Waals surface area contributed by atoms with Crippen LogP contribution in [0.4, 0.5) is 0 Å². The number of nitrogens with zero attached hydrogens (tertiary/aromatic N) is 4. The summed E-state index contributed by atoms with van der Waals surface area (Å²) in [7, 11) is 0. The first-order valence-corrected chi connectivity index (χ1v) is 12.3. The molecule has 2 heterocycles. The number of nitrogens with one attached hydrogen (secondary N) is 1. The molecular weight excluding hydrogens is 446 g/mol. The molecule has 0 atom stereocenters. The van der Waals surface area contributed by atoms with Crippen LogP contribution in [0, 0.1) is 6.92 Å². The summed E-state index contributed by atoms with van der Waals surface area (Å²) in [4.78, 5) is 30.9. The standard InChI is InChI=1S/C26H29N5O2S/c1-18(2)34-22-10-8-20(9-11-22)14-24(32)27-12-13-31-25-23(15-29-31)26(33)30(17-28-25)16-21-6-4-19(3)5-7-21/h4-11,15,17-18H,12-14,16H2,1-3H3,(H,27,32). The van der Waals surface area contributed by atoms with Crippen molar-refractivity contribution in [2.45, 2.75) is 50.4 Å². The van der Waals surface area contributed by atoms with Gasteiger partial charge in [0.05, 0.1) is 25.7 Å². The highest BCUT2D eigenvalue weighted by Gasteiger charge is 2.11. The van der Waals surface area contributed by atoms with Crippen molar-refractivity contribution in [1.82, 2.24) is 24.6 Å². The van der Waals surface area contributed by atoms with Gasteiger partial charge in [0.15, 0.2) is 5.65 Å². The second-order valence-electron chi connectivity index (χ2n) is 8.61. The van der Waals surface area contributed by atoms with Gasteiger partial charge in [0.25, 0.3) is 5.56 Å². The molecule has 2 aromatic heterocycles. The molecule has 8 heteroatoms. The lowest BCUT2D eigenvalue weighted by atomic mass is 10.1. The molecule has 0 bridgehead atoms. The van der Waals surface area contributed by atoms with Crippen molar-refractivity contribution in [3.63, 3.8) is 0 Å². The van der Waals surface area contributed by atoms with E-state index in [1.54, 1.807) is 33.5 Å². The fourth-order valence-corrected chi connectivity index (χ4v) is 4.51. The van der Waals surface area contributed by atoms with Gasteiger partial charge in [-0.15, -0.1) is 11.8 Å². The minimum Gasteiger partial charge on any atom is -0.354 e. The third-order valence-electron chi connectivity index (χ3n) is 5.40. The van der Waals surface area contributed by atoms with Crippen LogP contribution in [0.15, 0.2) is 70.7 Å². The van der Waals surface area contributed by atoms with Crippen molar-refractivity contribution in [2.24, 2.45) is 0 Å². The SMILES string of the molecule is Cc1ccc(Cn2cnc3c(cnn3CCNC(=O)Cc3ccc(SC(C)C)cc3)c2=O)cc1. The zero-order valence-corrected chi connectivity index (χ0v) is 20.5. The number of rotatable bonds is 9. The summed E-state index contributed by atoms with van der Waals surface area (Å²) < 4.78 is 3.25. The van der Waals surface area contributed by atoms with Gasteiger partial charge in [-0.3, -0.25) is 14.2 Å². The highest BCUT2D eigenvalue weighted by Crippen LogP contribution is 2.23. The van der Waals surface area contributed by atoms with E-state index in [0.29, 0.717) is 42.3 Å². The summed E-state index contributed by atoms with van der Waals surface area (Å²) in [5, 5.41) is 8.24. The molecule has 0 unspecified atom stereocenters. The zero-order valence-electron chi connectivity index (χ0n) is 19.7. The van der Waals surface area contributed by atoms with E-state index in [4.69, 9.17) is 0 Å². The zero-order chi connectivity index (χ0) is 24.1. The van der Waals surface area contributed by atoms with E-state index in [0.717, 1.165) is 11.1 Å². The van der Waals surface area contributed by atoms with Gasteiger partial charge in [0.1, 0.15) is 11.7 Å². The van der Waals surface area contributed by atoms with Gasteiger partial charge in [-0.25, -0.2) is 9.67 Å². The van der Waals surface area contributed by atoms with E-state index in [1.165, 1.54) is 10.5 Å². The normalized spacial score (nSPS) is 11.3. The number of amides is 1. The molecule has 1 amide bonds. The molecule has 0 saturated heterocycles. The first-order valence-electron chi connectivity index (χ1n) is 11.4. The second kappa shape index (κ2) is 10.7. The molecule has 1 N–H and O–H groups in total. The molecule has 34 heavy (non-hydrogen) atoms. The Balaban J connectivity index is 1.33. The Bertz CT molecular complexity index is 1320. The van der Waals surface area contributed by atoms with E-state index in [-0.39, 0.29) is 11.5 Å². The maximum Gasteiger partial charge on any atom is 0.264 e. The monoisotopic (exact) mass is 475 g/mol. The Labute approximate surface area is 203 Å². The van der Waals surface area contributed by atoms with E-state index in [2.05, 4.69) is 41.4 Å². The van der Waals surface area contributed by atoms with Gasteiger partial charge < -0.3 is 5.32 Å². The summed E-state index contributed by atoms with van der Waals surface area (Å²) in [6.45, 7) is 7.65. The first-order chi connectivity index (χ1) is 16.4. The van der Waals surface area contributed by atoms with E-state index >= 15 is 0 Å². The predicted molar refractivity (Wildman–Crippen MR) is 136 cm³/mol. The van der Waals surface area contributed by atoms with Gasteiger partial charge in [0, 0.05) is 16.7 Å². The second-order valence-corrected chi connectivity index (χ2v) is 10.3. The van der Waals surface area contributed by atoms with Crippen LogP contribution in [0.5, 0.6) is 0 Å². The Kier molecular flexibility index (Phi) is 7.47. The summed E-state index contributed by atoms with van der Waals surface area (Å²) in [5.74, 6) is -0.0471. The maximum atomic E-state index is 12.9. The van der Waals surface area contributed by atoms with E-state index in [1.807, 2.05) is 43.3 Å². The molecule has 4 aromatic rings. The topological polar surface area (TPSA) is 81.8 Å². The third-order valence-corrected chi connectivity index (χ3v) is 6.42. The molecule has 0 aliphatic heterocycles. The summed E-state index contributed by atoms with van der Waals surface area (Å²) in [6.07, 6.45) is 3.44. The summed E-state index contributed by atoms with van der Waals surface area (Å²) >= 11 is 1.80. The van der Waals surface area contributed by atoms with Crippen LogP contribution in [-0.4, -0.2) is 37.0 Å². The molecule has 0 fully saturated rings. The number of carbonyl (C=O) groups excluding carboxylic acids is 1. The van der Waals surface area contributed by atoms with Crippen LogP contribution in [0.3, 0.4) is 0 Å². The number of hydrogen-bond acceptors (Lipinski definition) is 5. The van der Waals surface area contributed by atoms with Crippen molar-refractivity contribution in [3.8, 4) is 0 Å². The van der Waals surface area contributed by atoms with Crippen LogP contribution in [0.2, 0.25) is 0 Å². The lowest BCUT2D eigenvalue weighted by molar-refractivity contribution is -0.120. The minimum atomic E-state index is -0.125. The molecule has 0 saturated carbocycles. The van der Waals surface area contributed by atoms with Crippen molar-refractivity contribution in [3.05, 3.63) is 88.1 Å². The highest BCUT2D eigenvalue weighted by atomic mass is 32.2. The molecule has 7 nitrogen and oxygen atoms in total. The predicted octanol–water partition coefficient (Wildman–Crippen LogP) is 3.81. The number of hydrogen-bond donors (Lipinski definition) is 1. The smallest absolute Gasteiger partial charge is 0.264 e. The molecule has 2 aromatic carbocycles. The van der Waals surface area contributed by atoms with Gasteiger partial charge in [-0.2, -0.15) is 5.10 Å². The average Bonchev–Trinajstić information content (AvgIpc) is 3.22. The van der Waals surface area contributed by atoms with Crippen molar-refractivity contribution in [2.75, 3.05) is 6.54 Å². The van der Waals surface area contributed by atoms with Crippen LogP contribution < -0.4 is 10.9 Å². The molecule has 0 spiro atoms. The molecular formula is C26H29N5O2S. The number of benzene rings is 2. The molecule has 4 rings (SSSR count). The van der Waals surface area contributed by atoms with Gasteiger partial charge in [0.2, 0.25) is 5.91 Å². The fraction of sp³-hybridized carbons (Fsp3) is 0.308. The quantitative estimate of drug-likeness (QED) is 0.372. The number of fused-ring (bicyclic) bond motifs is 1. The fourth-order valence-electron chi connectivity index (χ4n) is 3.67. The Morgan fingerprint density at radius 1 is 1.06 bits per heavy atom. The first kappa shape index (κ1) is 23.8. The van der Waals surface area contributed by atoms with Crippen molar-refractivity contribution < 1.29 is 4.79 Å². The molecule has 0 aliphatic rings. The van der Waals surface area contributed by atoms with Crippen molar-refractivity contribution in [1.29, 1.82) is 0 Å². The Hall–Kier alpha value is -3.39. The Morgan fingerprint density at radius 2 is 1.76 bits per heavy atom. The minimum absolute atomic E-state index is 0.0471. The number of carbonyl (C=O) groups is 1. The molecule has 0 radical (unpaired) electrons. The number of thioether (sulfide) groups is 1. The van der Waals surface area contributed by atoms with Crippen molar-refractivity contribution >= 4 is 28.7 Å². The van der Waals surface area contributed by atoms with Crippen LogP contribution in [0.1, 0.15) is 30.5 Å². The number of aryl methyl sites for hydroxylation is 1. The lowest BCUT2D eigenvalue weighted by Gasteiger charge is -2.09. The van der Waals surface area contributed by atoms with Crippen LogP contribution >= 0.6 is 11.8 Å². The van der Waals surface area contributed by atoms with Crippen LogP contribution in [0.25, 0.3) is 11.0 Å². The maximum absolute atomic E-state index is 12.9. The third kappa shape index (κ3) is 5.94. The van der Waals surface area contributed by atoms with Gasteiger partial charge in [-0.1, -0.05) is 55.8 Å². The summed E-state index contributed by atoms with van der Waals surface area (Å²) in [5.41, 5.74) is 3.59. The highest BCUT2D eigenvalue weighted by molar-refractivity contribution is 7.99. The summed E-state index contributed by atoms with van der Waals surface area (Å²) in [6, 6.07) is 16.2. The average molecular weight is 476 g/mol. The molecule has 0 aliphatic carbocycles. The van der Waals surface area contributed by atoms with E-state index < -0.39 is 0 Å². The van der Waals surface area contributed by atoms with Gasteiger partial charge >= 0.3 is 0 Å².